The second-order valence-electron chi connectivity index (χ2n) is 6.91. The van der Waals surface area contributed by atoms with E-state index in [0.29, 0.717) is 29.9 Å². The molecule has 23 heavy (non-hydrogen) atoms. The first kappa shape index (κ1) is 20.3. The lowest BCUT2D eigenvalue weighted by Crippen LogP contribution is -2.44. The van der Waals surface area contributed by atoms with Crippen molar-refractivity contribution in [3.8, 4) is 5.75 Å². The summed E-state index contributed by atoms with van der Waals surface area (Å²) in [5.41, 5.74) is 0. The van der Waals surface area contributed by atoms with Crippen LogP contribution in [0.5, 0.6) is 5.75 Å². The van der Waals surface area contributed by atoms with Gasteiger partial charge in [0.2, 0.25) is 8.45 Å². The summed E-state index contributed by atoms with van der Waals surface area (Å²) in [4.78, 5) is 0. The molecule has 0 fully saturated rings. The van der Waals surface area contributed by atoms with E-state index in [2.05, 4.69) is 64.7 Å². The highest BCUT2D eigenvalue weighted by molar-refractivity contribution is 7.47. The van der Waals surface area contributed by atoms with E-state index in [1.54, 1.807) is 12.1 Å². The Kier molecular flexibility index (Phi) is 7.93. The average Bonchev–Trinajstić information content (AvgIpc) is 2.39. The second kappa shape index (κ2) is 8.96. The highest BCUT2D eigenvalue weighted by Crippen LogP contribution is 2.51. The summed E-state index contributed by atoms with van der Waals surface area (Å²) in [7, 11) is -1.11. The van der Waals surface area contributed by atoms with Crippen molar-refractivity contribution in [1.29, 1.82) is 0 Å². The Morgan fingerprint density at radius 2 is 1.17 bits per heavy atom. The smallest absolute Gasteiger partial charge is 0.249 e. The lowest BCUT2D eigenvalue weighted by atomic mass is 10.3. The Hall–Kier alpha value is -0.700. The maximum atomic E-state index is 14.1. The van der Waals surface area contributed by atoms with Crippen molar-refractivity contribution in [2.75, 3.05) is 0 Å². The van der Waals surface area contributed by atoms with Crippen molar-refractivity contribution in [1.82, 2.24) is 9.34 Å². The first-order chi connectivity index (χ1) is 10.7. The molecule has 5 heteroatoms. The van der Waals surface area contributed by atoms with Gasteiger partial charge in [0.05, 0.1) is 0 Å². The number of para-hydroxylation sites is 1. The van der Waals surface area contributed by atoms with Crippen LogP contribution in [0.1, 0.15) is 55.4 Å². The molecule has 0 unspecified atom stereocenters. The molecule has 0 spiro atoms. The summed E-state index contributed by atoms with van der Waals surface area (Å²) in [5, 5.41) is 0. The zero-order valence-corrected chi connectivity index (χ0v) is 16.6. The van der Waals surface area contributed by atoms with Crippen molar-refractivity contribution >= 4 is 8.45 Å². The average molecular weight is 342 g/mol. The van der Waals surface area contributed by atoms with Crippen LogP contribution in [0.2, 0.25) is 0 Å². The van der Waals surface area contributed by atoms with Crippen molar-refractivity contribution in [3.05, 3.63) is 30.1 Å². The van der Waals surface area contributed by atoms with Crippen LogP contribution in [0.25, 0.3) is 0 Å². The van der Waals surface area contributed by atoms with Gasteiger partial charge in [0.25, 0.3) is 0 Å². The normalized spacial score (nSPS) is 12.7. The number of benzene rings is 1. The van der Waals surface area contributed by atoms with Crippen molar-refractivity contribution in [3.63, 3.8) is 0 Å². The third-order valence-electron chi connectivity index (χ3n) is 3.53. The van der Waals surface area contributed by atoms with Crippen molar-refractivity contribution in [2.45, 2.75) is 79.6 Å². The standard InChI is InChI=1S/C18H32FN2OP/c1-13(2)20(14(3)4)23(21(15(5)6)16(7)8)22-18-12-10-9-11-17(18)19/h9-16H,1-8H3. The zero-order chi connectivity index (χ0) is 17.7. The fourth-order valence-corrected chi connectivity index (χ4v) is 5.13. The SMILES string of the molecule is CC(C)N(C(C)C)P(Oc1ccccc1F)N(C(C)C)C(C)C. The van der Waals surface area contributed by atoms with Crippen molar-refractivity contribution < 1.29 is 8.91 Å². The molecule has 0 aliphatic carbocycles. The molecule has 1 rings (SSSR count). The summed E-state index contributed by atoms with van der Waals surface area (Å²) in [6.07, 6.45) is 0. The van der Waals surface area contributed by atoms with Gasteiger partial charge in [0, 0.05) is 24.2 Å². The van der Waals surface area contributed by atoms with Gasteiger partial charge in [-0.1, -0.05) is 12.1 Å². The van der Waals surface area contributed by atoms with Gasteiger partial charge >= 0.3 is 0 Å². The third-order valence-corrected chi connectivity index (χ3v) is 6.53. The van der Waals surface area contributed by atoms with Gasteiger partial charge < -0.3 is 4.52 Å². The highest BCUT2D eigenvalue weighted by atomic mass is 31.2. The van der Waals surface area contributed by atoms with Crippen LogP contribution in [-0.2, 0) is 0 Å². The predicted octanol–water partition coefficient (Wildman–Crippen LogP) is 5.67. The third kappa shape index (κ3) is 5.41. The molecule has 0 bridgehead atoms. The Labute approximate surface area is 142 Å². The minimum Gasteiger partial charge on any atom is -0.441 e. The molecule has 0 saturated heterocycles. The monoisotopic (exact) mass is 342 g/mol. The Balaban J connectivity index is 3.26. The summed E-state index contributed by atoms with van der Waals surface area (Å²) in [5.74, 6) is 0.0242. The molecule has 0 atom stereocenters. The van der Waals surface area contributed by atoms with E-state index in [1.165, 1.54) is 6.07 Å². The first-order valence-electron chi connectivity index (χ1n) is 8.45. The van der Waals surface area contributed by atoms with Crippen LogP contribution in [0.15, 0.2) is 24.3 Å². The van der Waals surface area contributed by atoms with E-state index in [0.717, 1.165) is 0 Å². The molecule has 3 nitrogen and oxygen atoms in total. The van der Waals surface area contributed by atoms with Crippen LogP contribution in [0, 0.1) is 5.82 Å². The molecule has 0 aliphatic rings. The van der Waals surface area contributed by atoms with E-state index in [-0.39, 0.29) is 5.82 Å². The largest absolute Gasteiger partial charge is 0.441 e. The molecule has 0 aromatic heterocycles. The van der Waals surface area contributed by atoms with E-state index in [1.807, 2.05) is 6.07 Å². The highest BCUT2D eigenvalue weighted by Gasteiger charge is 2.36. The predicted molar refractivity (Wildman–Crippen MR) is 98.2 cm³/mol. The van der Waals surface area contributed by atoms with Gasteiger partial charge in [-0.25, -0.2) is 13.7 Å². The summed E-state index contributed by atoms with van der Waals surface area (Å²) < 4.78 is 25.1. The fraction of sp³-hybridized carbons (Fsp3) is 0.667. The van der Waals surface area contributed by atoms with Crippen LogP contribution < -0.4 is 4.52 Å². The van der Waals surface area contributed by atoms with Crippen molar-refractivity contribution in [2.24, 2.45) is 0 Å². The van der Waals surface area contributed by atoms with E-state index < -0.39 is 8.45 Å². The molecule has 1 aromatic rings. The summed E-state index contributed by atoms with van der Waals surface area (Å²) in [6.45, 7) is 17.3. The number of halogens is 1. The lowest BCUT2D eigenvalue weighted by Gasteiger charge is -2.45. The molecular formula is C18H32FN2OP. The second-order valence-corrected chi connectivity index (χ2v) is 8.52. The first-order valence-corrected chi connectivity index (χ1v) is 9.62. The fourth-order valence-electron chi connectivity index (χ4n) is 2.80. The maximum absolute atomic E-state index is 14.1. The van der Waals surface area contributed by atoms with Gasteiger partial charge in [-0.3, -0.25) is 0 Å². The van der Waals surface area contributed by atoms with Crippen LogP contribution in [0.3, 0.4) is 0 Å². The zero-order valence-electron chi connectivity index (χ0n) is 15.7. The van der Waals surface area contributed by atoms with Gasteiger partial charge in [0.15, 0.2) is 11.6 Å². The molecule has 132 valence electrons. The minimum absolute atomic E-state index is 0.306. The van der Waals surface area contributed by atoms with E-state index in [4.69, 9.17) is 4.52 Å². The van der Waals surface area contributed by atoms with Gasteiger partial charge in [0.1, 0.15) is 0 Å². The number of hydrogen-bond acceptors (Lipinski definition) is 3. The van der Waals surface area contributed by atoms with Crippen LogP contribution >= 0.6 is 8.45 Å². The number of hydrogen-bond donors (Lipinski definition) is 0. The topological polar surface area (TPSA) is 15.7 Å². The van der Waals surface area contributed by atoms with E-state index in [9.17, 15) is 4.39 Å². The lowest BCUT2D eigenvalue weighted by molar-refractivity contribution is 0.224. The quantitative estimate of drug-likeness (QED) is 0.566. The number of rotatable bonds is 8. The van der Waals surface area contributed by atoms with Crippen LogP contribution in [-0.4, -0.2) is 33.5 Å². The molecule has 0 heterocycles. The minimum atomic E-state index is -1.11. The molecular weight excluding hydrogens is 310 g/mol. The van der Waals surface area contributed by atoms with Crippen LogP contribution in [0.4, 0.5) is 4.39 Å². The maximum Gasteiger partial charge on any atom is 0.249 e. The molecule has 1 aromatic carbocycles. The Bertz CT molecular complexity index is 444. The summed E-state index contributed by atoms with van der Waals surface area (Å²) >= 11 is 0. The Morgan fingerprint density at radius 1 is 0.783 bits per heavy atom. The van der Waals surface area contributed by atoms with Gasteiger partial charge in [-0.05, 0) is 67.5 Å². The molecule has 0 amide bonds. The molecule has 0 saturated carbocycles. The number of nitrogens with zero attached hydrogens (tertiary/aromatic N) is 2. The van der Waals surface area contributed by atoms with Gasteiger partial charge in [-0.15, -0.1) is 0 Å². The van der Waals surface area contributed by atoms with Gasteiger partial charge in [-0.2, -0.15) is 0 Å². The van der Waals surface area contributed by atoms with E-state index >= 15 is 0 Å². The molecule has 0 aliphatic heterocycles. The summed E-state index contributed by atoms with van der Waals surface area (Å²) in [6, 6.07) is 7.92. The molecule has 0 N–H and O–H groups in total. The Morgan fingerprint density at radius 3 is 1.52 bits per heavy atom. The molecule has 0 radical (unpaired) electrons.